The zero-order valence-electron chi connectivity index (χ0n) is 12.7. The number of rotatable bonds is 8. The van der Waals surface area contributed by atoms with E-state index in [2.05, 4.69) is 5.32 Å². The number of amides is 1. The lowest BCUT2D eigenvalue weighted by molar-refractivity contribution is -0.144. The van der Waals surface area contributed by atoms with Crippen molar-refractivity contribution in [2.24, 2.45) is 0 Å². The van der Waals surface area contributed by atoms with Crippen LogP contribution in [0.25, 0.3) is 0 Å². The van der Waals surface area contributed by atoms with E-state index >= 15 is 0 Å². The van der Waals surface area contributed by atoms with Crippen molar-refractivity contribution < 1.29 is 19.1 Å². The largest absolute Gasteiger partial charge is 0.497 e. The van der Waals surface area contributed by atoms with Gasteiger partial charge in [-0.15, -0.1) is 0 Å². The van der Waals surface area contributed by atoms with Crippen LogP contribution in [0.2, 0.25) is 0 Å². The summed E-state index contributed by atoms with van der Waals surface area (Å²) in [5.74, 6) is 0.162. The van der Waals surface area contributed by atoms with Crippen LogP contribution in [0.5, 0.6) is 5.75 Å². The van der Waals surface area contributed by atoms with Gasteiger partial charge in [0.1, 0.15) is 5.75 Å². The first-order valence-corrected chi connectivity index (χ1v) is 6.90. The second-order valence-electron chi connectivity index (χ2n) is 4.39. The van der Waals surface area contributed by atoms with Gasteiger partial charge in [-0.3, -0.25) is 14.5 Å². The zero-order chi connectivity index (χ0) is 15.7. The van der Waals surface area contributed by atoms with Crippen molar-refractivity contribution in [3.63, 3.8) is 0 Å². The Kier molecular flexibility index (Phi) is 7.25. The van der Waals surface area contributed by atoms with Crippen LogP contribution in [0, 0.1) is 0 Å². The normalized spacial score (nSPS) is 10.3. The summed E-state index contributed by atoms with van der Waals surface area (Å²) in [7, 11) is 1.57. The molecule has 0 aliphatic carbocycles. The average Bonchev–Trinajstić information content (AvgIpc) is 2.46. The standard InChI is InChI=1S/C15H22N2O4/c1-4-17(11-15(19)21-5-2)10-14(18)16-12-7-6-8-13(9-12)20-3/h6-9H,4-5,10-11H2,1-3H3,(H,16,18). The smallest absolute Gasteiger partial charge is 0.320 e. The summed E-state index contributed by atoms with van der Waals surface area (Å²) < 4.78 is 9.97. The van der Waals surface area contributed by atoms with Gasteiger partial charge in [0.15, 0.2) is 0 Å². The van der Waals surface area contributed by atoms with Crippen LogP contribution in [-0.4, -0.2) is 50.1 Å². The molecule has 1 aromatic rings. The summed E-state index contributed by atoms with van der Waals surface area (Å²) in [5, 5.41) is 2.77. The molecule has 1 N–H and O–H groups in total. The van der Waals surface area contributed by atoms with E-state index in [1.54, 1.807) is 43.2 Å². The molecule has 1 rings (SSSR count). The van der Waals surface area contributed by atoms with Crippen LogP contribution in [0.1, 0.15) is 13.8 Å². The maximum atomic E-state index is 12.0. The van der Waals surface area contributed by atoms with Crippen molar-refractivity contribution in [2.45, 2.75) is 13.8 Å². The first kappa shape index (κ1) is 17.0. The van der Waals surface area contributed by atoms with Gasteiger partial charge in [-0.05, 0) is 25.6 Å². The van der Waals surface area contributed by atoms with Crippen molar-refractivity contribution in [1.29, 1.82) is 0 Å². The van der Waals surface area contributed by atoms with Crippen LogP contribution < -0.4 is 10.1 Å². The summed E-state index contributed by atoms with van der Waals surface area (Å²) >= 11 is 0. The molecule has 0 radical (unpaired) electrons. The Balaban J connectivity index is 2.52. The van der Waals surface area contributed by atoms with Crippen LogP contribution in [0.15, 0.2) is 24.3 Å². The number of nitrogens with one attached hydrogen (secondary N) is 1. The van der Waals surface area contributed by atoms with Gasteiger partial charge in [0.2, 0.25) is 5.91 Å². The summed E-state index contributed by atoms with van der Waals surface area (Å²) in [4.78, 5) is 25.1. The summed E-state index contributed by atoms with van der Waals surface area (Å²) in [6.07, 6.45) is 0. The highest BCUT2D eigenvalue weighted by Crippen LogP contribution is 2.16. The Morgan fingerprint density at radius 1 is 1.24 bits per heavy atom. The van der Waals surface area contributed by atoms with Crippen molar-refractivity contribution in [2.75, 3.05) is 38.7 Å². The molecule has 0 heterocycles. The number of methoxy groups -OCH3 is 1. The molecule has 0 unspecified atom stereocenters. The third kappa shape index (κ3) is 6.27. The molecule has 1 aromatic carbocycles. The molecule has 6 nitrogen and oxygen atoms in total. The number of anilines is 1. The number of nitrogens with zero attached hydrogens (tertiary/aromatic N) is 1. The molecule has 0 bridgehead atoms. The molecule has 21 heavy (non-hydrogen) atoms. The van der Waals surface area contributed by atoms with Gasteiger partial charge >= 0.3 is 5.97 Å². The monoisotopic (exact) mass is 294 g/mol. The van der Waals surface area contributed by atoms with E-state index in [-0.39, 0.29) is 25.0 Å². The lowest BCUT2D eigenvalue weighted by Gasteiger charge is -2.18. The number of ether oxygens (including phenoxy) is 2. The molecule has 0 aliphatic rings. The molecule has 0 saturated heterocycles. The molecule has 6 heteroatoms. The van der Waals surface area contributed by atoms with E-state index in [4.69, 9.17) is 9.47 Å². The third-order valence-corrected chi connectivity index (χ3v) is 2.83. The lowest BCUT2D eigenvalue weighted by Crippen LogP contribution is -2.37. The molecule has 1 amide bonds. The van der Waals surface area contributed by atoms with E-state index in [1.165, 1.54) is 0 Å². The van der Waals surface area contributed by atoms with Crippen molar-refractivity contribution >= 4 is 17.6 Å². The molecule has 0 atom stereocenters. The van der Waals surface area contributed by atoms with E-state index in [1.807, 2.05) is 6.92 Å². The maximum absolute atomic E-state index is 12.0. The zero-order valence-corrected chi connectivity index (χ0v) is 12.7. The first-order valence-electron chi connectivity index (χ1n) is 6.90. The quantitative estimate of drug-likeness (QED) is 0.736. The van der Waals surface area contributed by atoms with Crippen LogP contribution >= 0.6 is 0 Å². The fourth-order valence-corrected chi connectivity index (χ4v) is 1.77. The highest BCUT2D eigenvalue weighted by Gasteiger charge is 2.13. The van der Waals surface area contributed by atoms with E-state index in [0.717, 1.165) is 0 Å². The van der Waals surface area contributed by atoms with Gasteiger partial charge in [-0.25, -0.2) is 0 Å². The minimum absolute atomic E-state index is 0.107. The second kappa shape index (κ2) is 8.97. The van der Waals surface area contributed by atoms with E-state index < -0.39 is 0 Å². The van der Waals surface area contributed by atoms with Gasteiger partial charge in [0.25, 0.3) is 0 Å². The van der Waals surface area contributed by atoms with Crippen LogP contribution in [0.4, 0.5) is 5.69 Å². The number of carbonyl (C=O) groups is 2. The van der Waals surface area contributed by atoms with Gasteiger partial charge in [0, 0.05) is 11.8 Å². The molecule has 116 valence electrons. The predicted octanol–water partition coefficient (Wildman–Crippen LogP) is 1.52. The topological polar surface area (TPSA) is 67.9 Å². The number of hydrogen-bond acceptors (Lipinski definition) is 5. The highest BCUT2D eigenvalue weighted by molar-refractivity contribution is 5.92. The van der Waals surface area contributed by atoms with Gasteiger partial charge < -0.3 is 14.8 Å². The Morgan fingerprint density at radius 3 is 2.62 bits per heavy atom. The van der Waals surface area contributed by atoms with Crippen LogP contribution in [-0.2, 0) is 14.3 Å². The predicted molar refractivity (Wildman–Crippen MR) is 80.4 cm³/mol. The highest BCUT2D eigenvalue weighted by atomic mass is 16.5. The number of carbonyl (C=O) groups excluding carboxylic acids is 2. The molecular formula is C15H22N2O4. The molecule has 0 aromatic heterocycles. The lowest BCUT2D eigenvalue weighted by atomic mass is 10.3. The molecule has 0 saturated carbocycles. The summed E-state index contributed by atoms with van der Waals surface area (Å²) in [6, 6.07) is 7.11. The minimum Gasteiger partial charge on any atom is -0.497 e. The fraction of sp³-hybridized carbons (Fsp3) is 0.467. The van der Waals surface area contributed by atoms with Crippen LogP contribution in [0.3, 0.4) is 0 Å². The van der Waals surface area contributed by atoms with Gasteiger partial charge in [-0.2, -0.15) is 0 Å². The molecule has 0 aliphatic heterocycles. The van der Waals surface area contributed by atoms with Gasteiger partial charge in [-0.1, -0.05) is 13.0 Å². The minimum atomic E-state index is -0.325. The van der Waals surface area contributed by atoms with E-state index in [9.17, 15) is 9.59 Å². The second-order valence-corrected chi connectivity index (χ2v) is 4.39. The number of likely N-dealkylation sites (N-methyl/N-ethyl adjacent to an activating group) is 1. The fourth-order valence-electron chi connectivity index (χ4n) is 1.77. The average molecular weight is 294 g/mol. The van der Waals surface area contributed by atoms with Crippen molar-refractivity contribution in [1.82, 2.24) is 4.90 Å². The third-order valence-electron chi connectivity index (χ3n) is 2.83. The molecule has 0 spiro atoms. The Bertz CT molecular complexity index is 476. The number of esters is 1. The Labute approximate surface area is 125 Å². The number of hydrogen-bond donors (Lipinski definition) is 1. The molecular weight excluding hydrogens is 272 g/mol. The van der Waals surface area contributed by atoms with Crippen molar-refractivity contribution in [3.05, 3.63) is 24.3 Å². The first-order chi connectivity index (χ1) is 10.1. The summed E-state index contributed by atoms with van der Waals surface area (Å²) in [6.45, 7) is 4.81. The van der Waals surface area contributed by atoms with E-state index in [0.29, 0.717) is 24.6 Å². The maximum Gasteiger partial charge on any atom is 0.320 e. The SMILES string of the molecule is CCOC(=O)CN(CC)CC(=O)Nc1cccc(OC)c1. The Hall–Kier alpha value is -2.08. The molecule has 0 fully saturated rings. The summed E-state index contributed by atoms with van der Waals surface area (Å²) in [5.41, 5.74) is 0.659. The van der Waals surface area contributed by atoms with Crippen molar-refractivity contribution in [3.8, 4) is 5.75 Å². The Morgan fingerprint density at radius 2 is 2.00 bits per heavy atom. The van der Waals surface area contributed by atoms with Gasteiger partial charge in [0.05, 0.1) is 26.8 Å². The number of benzene rings is 1.